The molecule has 2 atom stereocenters. The van der Waals surface area contributed by atoms with Crippen LogP contribution < -0.4 is 4.90 Å². The van der Waals surface area contributed by atoms with Crippen LogP contribution in [0.2, 0.25) is 0 Å². The van der Waals surface area contributed by atoms with Crippen molar-refractivity contribution in [1.29, 1.82) is 0 Å². The third-order valence-corrected chi connectivity index (χ3v) is 7.08. The quantitative estimate of drug-likeness (QED) is 0.448. The highest BCUT2D eigenvalue weighted by Gasteiger charge is 2.45. The molecular formula is C21H24N6O5S. The first-order chi connectivity index (χ1) is 15.7. The number of hydrogen-bond donors (Lipinski definition) is 1. The first kappa shape index (κ1) is 21.9. The molecule has 1 N–H and O–H groups in total. The molecule has 2 aromatic heterocycles. The summed E-state index contributed by atoms with van der Waals surface area (Å²) in [4.78, 5) is 34.6. The van der Waals surface area contributed by atoms with E-state index in [0.717, 1.165) is 10.6 Å². The smallest absolute Gasteiger partial charge is 0.350 e. The minimum absolute atomic E-state index is 0.0114. The molecule has 1 unspecified atom stereocenters. The summed E-state index contributed by atoms with van der Waals surface area (Å²) >= 11 is 1.30. The van der Waals surface area contributed by atoms with Gasteiger partial charge < -0.3 is 15.2 Å². The minimum atomic E-state index is -1.14. The molecule has 0 saturated carbocycles. The Morgan fingerprint density at radius 2 is 2.15 bits per heavy atom. The SMILES string of the molecule is CC(C)N1C[N+](C)([O-])C(=O)c2c1sc(Cn1nnc3ccccc31)c2C(=O)N1C[C@H](O)CO1. The summed E-state index contributed by atoms with van der Waals surface area (Å²) in [6, 6.07) is 7.39. The summed E-state index contributed by atoms with van der Waals surface area (Å²) in [7, 11) is 1.30. The Labute approximate surface area is 193 Å². The van der Waals surface area contributed by atoms with E-state index >= 15 is 0 Å². The van der Waals surface area contributed by atoms with Gasteiger partial charge in [-0.05, 0) is 26.0 Å². The maximum atomic E-state index is 13.5. The van der Waals surface area contributed by atoms with Gasteiger partial charge in [-0.25, -0.2) is 14.5 Å². The zero-order chi connectivity index (χ0) is 23.5. The van der Waals surface area contributed by atoms with Crippen molar-refractivity contribution in [2.24, 2.45) is 0 Å². The number of aliphatic hydroxyl groups excluding tert-OH is 1. The molecule has 0 radical (unpaired) electrons. The Morgan fingerprint density at radius 1 is 1.39 bits per heavy atom. The van der Waals surface area contributed by atoms with Crippen LogP contribution in [-0.4, -0.2) is 80.6 Å². The van der Waals surface area contributed by atoms with Crippen molar-refractivity contribution in [1.82, 2.24) is 20.1 Å². The van der Waals surface area contributed by atoms with Crippen molar-refractivity contribution in [2.45, 2.75) is 32.5 Å². The van der Waals surface area contributed by atoms with E-state index in [-0.39, 0.29) is 43.5 Å². The number of fused-ring (bicyclic) bond motifs is 2. The van der Waals surface area contributed by atoms with Gasteiger partial charge in [-0.15, -0.1) is 16.4 Å². The van der Waals surface area contributed by atoms with E-state index in [1.807, 2.05) is 43.0 Å². The Morgan fingerprint density at radius 3 is 2.85 bits per heavy atom. The minimum Gasteiger partial charge on any atom is -0.624 e. The number of anilines is 1. The maximum Gasteiger partial charge on any atom is 0.350 e. The van der Waals surface area contributed by atoms with Gasteiger partial charge in [-0.2, -0.15) is 0 Å². The second kappa shape index (κ2) is 7.85. The Balaban J connectivity index is 1.67. The summed E-state index contributed by atoms with van der Waals surface area (Å²) in [6.45, 7) is 4.00. The summed E-state index contributed by atoms with van der Waals surface area (Å²) in [5, 5.41) is 33.0. The largest absolute Gasteiger partial charge is 0.624 e. The number of amides is 2. The molecule has 1 fully saturated rings. The van der Waals surface area contributed by atoms with Gasteiger partial charge in [0, 0.05) is 10.9 Å². The molecule has 2 amide bonds. The van der Waals surface area contributed by atoms with Crippen LogP contribution in [0.3, 0.4) is 0 Å². The number of quaternary nitrogens is 1. The topological polar surface area (TPSA) is 124 Å². The van der Waals surface area contributed by atoms with Crippen molar-refractivity contribution < 1.29 is 24.2 Å². The Bertz CT molecular complexity index is 1250. The number of aromatic nitrogens is 3. The molecule has 33 heavy (non-hydrogen) atoms. The van der Waals surface area contributed by atoms with Crippen LogP contribution >= 0.6 is 11.3 Å². The zero-order valence-corrected chi connectivity index (χ0v) is 19.3. The normalized spacial score (nSPS) is 23.1. The van der Waals surface area contributed by atoms with Gasteiger partial charge >= 0.3 is 5.91 Å². The average molecular weight is 473 g/mol. The lowest BCUT2D eigenvalue weighted by molar-refractivity contribution is -0.776. The van der Waals surface area contributed by atoms with Crippen LogP contribution in [-0.2, 0) is 11.4 Å². The molecule has 2 aliphatic rings. The third kappa shape index (κ3) is 3.60. The Kier molecular flexibility index (Phi) is 5.21. The monoisotopic (exact) mass is 472 g/mol. The van der Waals surface area contributed by atoms with E-state index in [1.165, 1.54) is 18.4 Å². The lowest BCUT2D eigenvalue weighted by atomic mass is 10.0. The number of hydroxylamine groups is 5. The first-order valence-electron chi connectivity index (χ1n) is 10.6. The van der Waals surface area contributed by atoms with Crippen molar-refractivity contribution in [3.63, 3.8) is 0 Å². The van der Waals surface area contributed by atoms with E-state index in [0.29, 0.717) is 15.4 Å². The molecule has 5 rings (SSSR count). The number of carbonyl (C=O) groups excluding carboxylic acids is 2. The summed E-state index contributed by atoms with van der Waals surface area (Å²) < 4.78 is 0.524. The van der Waals surface area contributed by atoms with Crippen LogP contribution in [0.15, 0.2) is 24.3 Å². The van der Waals surface area contributed by atoms with Gasteiger partial charge in [0.15, 0.2) is 6.67 Å². The molecule has 0 aliphatic carbocycles. The number of carbonyl (C=O) groups is 2. The fraction of sp³-hybridized carbons (Fsp3) is 0.429. The van der Waals surface area contributed by atoms with E-state index in [9.17, 15) is 19.9 Å². The van der Waals surface area contributed by atoms with Crippen LogP contribution in [0.25, 0.3) is 11.0 Å². The maximum absolute atomic E-state index is 13.5. The number of rotatable bonds is 4. The first-order valence-corrected chi connectivity index (χ1v) is 11.4. The highest BCUT2D eigenvalue weighted by Crippen LogP contribution is 2.43. The van der Waals surface area contributed by atoms with Gasteiger partial charge in [-0.1, -0.05) is 17.3 Å². The Hall–Kier alpha value is -2.90. The van der Waals surface area contributed by atoms with E-state index in [4.69, 9.17) is 4.84 Å². The van der Waals surface area contributed by atoms with Gasteiger partial charge in [0.2, 0.25) is 0 Å². The molecule has 2 aliphatic heterocycles. The molecule has 174 valence electrons. The predicted molar refractivity (Wildman–Crippen MR) is 120 cm³/mol. The highest BCUT2D eigenvalue weighted by molar-refractivity contribution is 7.17. The van der Waals surface area contributed by atoms with Crippen LogP contribution in [0.4, 0.5) is 5.00 Å². The number of hydrogen-bond acceptors (Lipinski definition) is 9. The summed E-state index contributed by atoms with van der Waals surface area (Å²) in [6.07, 6.45) is -0.811. The predicted octanol–water partition coefficient (Wildman–Crippen LogP) is 1.56. The van der Waals surface area contributed by atoms with E-state index in [1.54, 1.807) is 4.68 Å². The molecular weight excluding hydrogens is 448 g/mol. The fourth-order valence-electron chi connectivity index (χ4n) is 4.17. The van der Waals surface area contributed by atoms with Gasteiger partial charge in [0.1, 0.15) is 28.8 Å². The van der Waals surface area contributed by atoms with Gasteiger partial charge in [-0.3, -0.25) is 14.3 Å². The van der Waals surface area contributed by atoms with Crippen LogP contribution in [0.5, 0.6) is 0 Å². The molecule has 0 spiro atoms. The number of nitrogens with zero attached hydrogens (tertiary/aromatic N) is 6. The summed E-state index contributed by atoms with van der Waals surface area (Å²) in [5.74, 6) is -1.22. The molecule has 1 aromatic carbocycles. The van der Waals surface area contributed by atoms with Crippen molar-refractivity contribution in [3.05, 3.63) is 45.5 Å². The number of para-hydroxylation sites is 1. The second-order valence-corrected chi connectivity index (χ2v) is 9.83. The lowest BCUT2D eigenvalue weighted by Crippen LogP contribution is -2.56. The van der Waals surface area contributed by atoms with E-state index < -0.39 is 22.6 Å². The third-order valence-electron chi connectivity index (χ3n) is 5.87. The number of β-amino-alcohol motifs (C(OH)–C–C–N with tert-alkyl or cyclic N) is 1. The molecule has 4 heterocycles. The van der Waals surface area contributed by atoms with Gasteiger partial charge in [0.05, 0.1) is 31.2 Å². The molecule has 12 heteroatoms. The van der Waals surface area contributed by atoms with Crippen molar-refractivity contribution in [3.8, 4) is 0 Å². The van der Waals surface area contributed by atoms with Crippen molar-refractivity contribution >= 4 is 39.2 Å². The van der Waals surface area contributed by atoms with Gasteiger partial charge in [0.25, 0.3) is 5.91 Å². The number of benzene rings is 1. The number of aliphatic hydroxyl groups is 1. The second-order valence-electron chi connectivity index (χ2n) is 8.74. The fourth-order valence-corrected chi connectivity index (χ4v) is 5.55. The summed E-state index contributed by atoms with van der Waals surface area (Å²) in [5.41, 5.74) is 1.72. The number of thiophene rings is 1. The van der Waals surface area contributed by atoms with Crippen LogP contribution in [0.1, 0.15) is 39.4 Å². The molecule has 0 bridgehead atoms. The zero-order valence-electron chi connectivity index (χ0n) is 18.5. The molecule has 3 aromatic rings. The standard InChI is InChI=1S/C21H24N6O5S/c1-12(2)24-11-27(3,31)21(30)18-17(19(29)26-8-13(28)10-32-26)16(33-20(18)24)9-25-15-7-5-4-6-14(15)22-23-25/h4-7,12-13,28H,8-11H2,1-3H3/t13-,27?/m0/s1. The molecule has 1 saturated heterocycles. The molecule has 11 nitrogen and oxygen atoms in total. The highest BCUT2D eigenvalue weighted by atomic mass is 32.1. The van der Waals surface area contributed by atoms with E-state index in [2.05, 4.69) is 10.3 Å². The van der Waals surface area contributed by atoms with Crippen molar-refractivity contribution in [2.75, 3.05) is 31.8 Å². The average Bonchev–Trinajstić information content (AvgIpc) is 3.48. The van der Waals surface area contributed by atoms with Crippen LogP contribution in [0, 0.1) is 5.21 Å². The lowest BCUT2D eigenvalue weighted by Gasteiger charge is -2.45.